The van der Waals surface area contributed by atoms with E-state index in [0.29, 0.717) is 51.1 Å². The van der Waals surface area contributed by atoms with Crippen LogP contribution < -0.4 is 10.5 Å². The summed E-state index contributed by atoms with van der Waals surface area (Å²) in [5.41, 5.74) is 6.01. The van der Waals surface area contributed by atoms with Crippen LogP contribution >= 0.6 is 0 Å². The van der Waals surface area contributed by atoms with Crippen LogP contribution in [-0.4, -0.2) is 62.8 Å². The largest absolute Gasteiger partial charge is 0.475 e. The molecule has 0 spiro atoms. The topological polar surface area (TPSA) is 108 Å². The summed E-state index contributed by atoms with van der Waals surface area (Å²) in [5.74, 6) is 0.394. The Bertz CT molecular complexity index is 428. The molecule has 0 bridgehead atoms. The predicted octanol–water partition coefficient (Wildman–Crippen LogP) is 0.235. The molecule has 1 aromatic heterocycles. The number of nitrogens with zero attached hydrogens (tertiary/aromatic N) is 2. The van der Waals surface area contributed by atoms with E-state index in [9.17, 15) is 0 Å². The Morgan fingerprint density at radius 1 is 1.19 bits per heavy atom. The van der Waals surface area contributed by atoms with E-state index in [0.717, 1.165) is 0 Å². The lowest BCUT2D eigenvalue weighted by Crippen LogP contribution is -2.14. The minimum Gasteiger partial charge on any atom is -0.475 e. The Labute approximate surface area is 123 Å². The monoisotopic (exact) mass is 299 g/mol. The van der Waals surface area contributed by atoms with Crippen molar-refractivity contribution in [3.8, 4) is 5.88 Å². The second-order valence-corrected chi connectivity index (χ2v) is 3.93. The highest BCUT2D eigenvalue weighted by Gasteiger charge is 2.02. The van der Waals surface area contributed by atoms with Gasteiger partial charge in [0.1, 0.15) is 6.61 Å². The summed E-state index contributed by atoms with van der Waals surface area (Å²) in [6.45, 7) is 2.91. The van der Waals surface area contributed by atoms with Crippen LogP contribution in [0.3, 0.4) is 0 Å². The lowest BCUT2D eigenvalue weighted by atomic mass is 10.2. The fourth-order valence-electron chi connectivity index (χ4n) is 1.37. The molecule has 3 N–H and O–H groups in total. The molecule has 0 fully saturated rings. The van der Waals surface area contributed by atoms with Crippen LogP contribution in [0.25, 0.3) is 0 Å². The summed E-state index contributed by atoms with van der Waals surface area (Å²) in [5, 5.41) is 11.5. The molecular weight excluding hydrogens is 278 g/mol. The van der Waals surface area contributed by atoms with Crippen molar-refractivity contribution >= 4 is 5.84 Å². The summed E-state index contributed by atoms with van der Waals surface area (Å²) in [4.78, 5) is 4.02. The molecule has 21 heavy (non-hydrogen) atoms. The van der Waals surface area contributed by atoms with Crippen LogP contribution in [-0.2, 0) is 14.2 Å². The first-order chi connectivity index (χ1) is 10.3. The van der Waals surface area contributed by atoms with Gasteiger partial charge in [-0.05, 0) is 6.07 Å². The molecule has 1 rings (SSSR count). The van der Waals surface area contributed by atoms with Gasteiger partial charge in [0.05, 0.1) is 33.0 Å². The molecule has 8 nitrogen and oxygen atoms in total. The number of methoxy groups -OCH3 is 1. The second-order valence-electron chi connectivity index (χ2n) is 3.93. The van der Waals surface area contributed by atoms with Crippen LogP contribution in [0.1, 0.15) is 5.56 Å². The summed E-state index contributed by atoms with van der Waals surface area (Å²) in [6, 6.07) is 3.21. The Kier molecular flexibility index (Phi) is 8.85. The molecule has 0 atom stereocenters. The standard InChI is InChI=1S/C13H21N3O5/c1-18-4-5-19-6-7-20-8-9-21-12-10-11(2-3-15-12)13(14)16-17/h2-3,10,17H,4-9H2,1H3,(H2,14,16). The van der Waals surface area contributed by atoms with Crippen molar-refractivity contribution < 1.29 is 24.2 Å². The fourth-order valence-corrected chi connectivity index (χ4v) is 1.37. The molecule has 0 saturated carbocycles. The maximum Gasteiger partial charge on any atom is 0.213 e. The first-order valence-corrected chi connectivity index (χ1v) is 6.49. The summed E-state index contributed by atoms with van der Waals surface area (Å²) < 4.78 is 20.8. The predicted molar refractivity (Wildman–Crippen MR) is 75.8 cm³/mol. The molecule has 8 heteroatoms. The Hall–Kier alpha value is -1.90. The summed E-state index contributed by atoms with van der Waals surface area (Å²) in [7, 11) is 1.63. The molecule has 0 amide bonds. The van der Waals surface area contributed by atoms with E-state index in [4.69, 9.17) is 29.9 Å². The number of nitrogens with two attached hydrogens (primary N) is 1. The van der Waals surface area contributed by atoms with Gasteiger partial charge in [-0.3, -0.25) is 0 Å². The van der Waals surface area contributed by atoms with Crippen LogP contribution in [0.15, 0.2) is 23.5 Å². The lowest BCUT2D eigenvalue weighted by molar-refractivity contribution is 0.0176. The molecule has 118 valence electrons. The summed E-state index contributed by atoms with van der Waals surface area (Å²) >= 11 is 0. The Balaban J connectivity index is 2.13. The van der Waals surface area contributed by atoms with Crippen molar-refractivity contribution in [2.75, 3.05) is 46.8 Å². The fraction of sp³-hybridized carbons (Fsp3) is 0.538. The summed E-state index contributed by atoms with van der Waals surface area (Å²) in [6.07, 6.45) is 1.52. The number of amidine groups is 1. The van der Waals surface area contributed by atoms with E-state index >= 15 is 0 Å². The molecule has 0 unspecified atom stereocenters. The van der Waals surface area contributed by atoms with Gasteiger partial charge < -0.3 is 29.9 Å². The van der Waals surface area contributed by atoms with E-state index in [2.05, 4.69) is 10.1 Å². The van der Waals surface area contributed by atoms with E-state index < -0.39 is 0 Å². The average Bonchev–Trinajstić information content (AvgIpc) is 2.53. The number of rotatable bonds is 11. The third kappa shape index (κ3) is 7.45. The number of ether oxygens (including phenoxy) is 4. The Morgan fingerprint density at radius 3 is 2.52 bits per heavy atom. The minimum absolute atomic E-state index is 0.00621. The van der Waals surface area contributed by atoms with E-state index in [1.807, 2.05) is 0 Å². The molecule has 1 aromatic rings. The smallest absolute Gasteiger partial charge is 0.213 e. The first-order valence-electron chi connectivity index (χ1n) is 6.49. The van der Waals surface area contributed by atoms with Crippen LogP contribution in [0.4, 0.5) is 0 Å². The lowest BCUT2D eigenvalue weighted by Gasteiger charge is -2.08. The quantitative estimate of drug-likeness (QED) is 0.198. The molecule has 1 heterocycles. The number of hydrogen-bond acceptors (Lipinski definition) is 7. The van der Waals surface area contributed by atoms with Crippen molar-refractivity contribution in [1.82, 2.24) is 4.98 Å². The van der Waals surface area contributed by atoms with E-state index in [-0.39, 0.29) is 5.84 Å². The first kappa shape index (κ1) is 17.2. The highest BCUT2D eigenvalue weighted by molar-refractivity contribution is 5.97. The third-order valence-corrected chi connectivity index (χ3v) is 2.42. The molecule has 0 aliphatic heterocycles. The van der Waals surface area contributed by atoms with Gasteiger partial charge in [-0.15, -0.1) is 0 Å². The van der Waals surface area contributed by atoms with Crippen molar-refractivity contribution in [3.05, 3.63) is 23.9 Å². The van der Waals surface area contributed by atoms with Crippen LogP contribution in [0, 0.1) is 0 Å². The van der Waals surface area contributed by atoms with Gasteiger partial charge in [-0.2, -0.15) is 0 Å². The Morgan fingerprint density at radius 2 is 1.86 bits per heavy atom. The van der Waals surface area contributed by atoms with E-state index in [1.54, 1.807) is 19.2 Å². The van der Waals surface area contributed by atoms with Gasteiger partial charge in [-0.25, -0.2) is 4.98 Å². The average molecular weight is 299 g/mol. The highest BCUT2D eigenvalue weighted by atomic mass is 16.6. The van der Waals surface area contributed by atoms with Crippen molar-refractivity contribution in [2.45, 2.75) is 0 Å². The maximum absolute atomic E-state index is 8.59. The zero-order valence-electron chi connectivity index (χ0n) is 12.0. The number of oxime groups is 1. The van der Waals surface area contributed by atoms with Gasteiger partial charge in [0.2, 0.25) is 5.88 Å². The van der Waals surface area contributed by atoms with Crippen molar-refractivity contribution in [1.29, 1.82) is 0 Å². The minimum atomic E-state index is 0.00621. The molecule has 0 radical (unpaired) electrons. The molecular formula is C13H21N3O5. The zero-order valence-corrected chi connectivity index (χ0v) is 12.0. The maximum atomic E-state index is 8.59. The molecule has 0 saturated heterocycles. The van der Waals surface area contributed by atoms with Gasteiger partial charge in [0, 0.05) is 24.9 Å². The van der Waals surface area contributed by atoms with Gasteiger partial charge in [0.15, 0.2) is 5.84 Å². The molecule has 0 aliphatic rings. The van der Waals surface area contributed by atoms with E-state index in [1.165, 1.54) is 6.20 Å². The van der Waals surface area contributed by atoms with Crippen LogP contribution in [0.2, 0.25) is 0 Å². The number of pyridine rings is 1. The van der Waals surface area contributed by atoms with Gasteiger partial charge in [0.25, 0.3) is 0 Å². The molecule has 0 aromatic carbocycles. The van der Waals surface area contributed by atoms with Crippen molar-refractivity contribution in [2.24, 2.45) is 10.9 Å². The van der Waals surface area contributed by atoms with Crippen molar-refractivity contribution in [3.63, 3.8) is 0 Å². The van der Waals surface area contributed by atoms with Gasteiger partial charge in [-0.1, -0.05) is 5.16 Å². The third-order valence-electron chi connectivity index (χ3n) is 2.42. The zero-order chi connectivity index (χ0) is 15.3. The highest BCUT2D eigenvalue weighted by Crippen LogP contribution is 2.08. The number of aromatic nitrogens is 1. The second kappa shape index (κ2) is 10.8. The van der Waals surface area contributed by atoms with Crippen LogP contribution in [0.5, 0.6) is 5.88 Å². The molecule has 0 aliphatic carbocycles. The normalized spacial score (nSPS) is 11.6. The van der Waals surface area contributed by atoms with Gasteiger partial charge >= 0.3 is 0 Å². The number of hydrogen-bond donors (Lipinski definition) is 2. The SMILES string of the molecule is COCCOCCOCCOc1cc(/C(N)=N/O)ccn1.